The number of aromatic nitrogens is 1. The maximum atomic E-state index is 5.60. The summed E-state index contributed by atoms with van der Waals surface area (Å²) in [6, 6.07) is 3.76. The molecule has 0 radical (unpaired) electrons. The molecule has 0 N–H and O–H groups in total. The Bertz CT molecular complexity index is 222. The highest BCUT2D eigenvalue weighted by Gasteiger charge is 1.94. The molecule has 0 aliphatic heterocycles. The summed E-state index contributed by atoms with van der Waals surface area (Å²) >= 11 is 5.60. The molecule has 0 amide bonds. The molecule has 66 valence electrons. The number of ether oxygens (including phenoxy) is 1. The molecule has 0 spiro atoms. The second-order valence-corrected chi connectivity index (χ2v) is 2.75. The van der Waals surface area contributed by atoms with Crippen molar-refractivity contribution in [3.05, 3.63) is 23.9 Å². The van der Waals surface area contributed by atoms with Gasteiger partial charge < -0.3 is 4.74 Å². The van der Waals surface area contributed by atoms with E-state index in [-0.39, 0.29) is 0 Å². The van der Waals surface area contributed by atoms with E-state index in [1.54, 1.807) is 6.20 Å². The molecule has 12 heavy (non-hydrogen) atoms. The minimum absolute atomic E-state index is 0.501. The molecule has 1 heterocycles. The van der Waals surface area contributed by atoms with E-state index >= 15 is 0 Å². The minimum atomic E-state index is 0.501. The molecular weight excluding hydrogens is 174 g/mol. The molecule has 0 aromatic carbocycles. The molecule has 1 aromatic rings. The van der Waals surface area contributed by atoms with Gasteiger partial charge in [0, 0.05) is 18.1 Å². The van der Waals surface area contributed by atoms with Gasteiger partial charge in [-0.2, -0.15) is 0 Å². The molecule has 0 aliphatic carbocycles. The Hall–Kier alpha value is -0.760. The molecule has 1 rings (SSSR count). The first-order chi connectivity index (χ1) is 5.86. The average Bonchev–Trinajstić information content (AvgIpc) is 2.15. The van der Waals surface area contributed by atoms with Gasteiger partial charge in [0.15, 0.2) is 0 Å². The van der Waals surface area contributed by atoms with Gasteiger partial charge in [0.05, 0.1) is 6.61 Å². The standard InChI is InChI=1S/C9H12ClNO/c1-2-5-12-9-4-3-8(6-10)7-11-9/h3-4,7H,2,5-6H2,1H3. The van der Waals surface area contributed by atoms with Crippen LogP contribution in [-0.4, -0.2) is 11.6 Å². The highest BCUT2D eigenvalue weighted by Crippen LogP contribution is 2.09. The van der Waals surface area contributed by atoms with Gasteiger partial charge in [-0.05, 0) is 12.0 Å². The Labute approximate surface area is 77.5 Å². The van der Waals surface area contributed by atoms with Gasteiger partial charge in [-0.25, -0.2) is 4.98 Å². The van der Waals surface area contributed by atoms with Crippen molar-refractivity contribution in [2.75, 3.05) is 6.61 Å². The average molecular weight is 186 g/mol. The van der Waals surface area contributed by atoms with Crippen LogP contribution in [0.1, 0.15) is 18.9 Å². The SMILES string of the molecule is CCCOc1ccc(CCl)cn1. The fraction of sp³-hybridized carbons (Fsp3) is 0.444. The van der Waals surface area contributed by atoms with Gasteiger partial charge in [0.25, 0.3) is 0 Å². The normalized spacial score (nSPS) is 9.83. The van der Waals surface area contributed by atoms with Crippen LogP contribution in [0.2, 0.25) is 0 Å². The molecule has 0 aliphatic rings. The smallest absolute Gasteiger partial charge is 0.213 e. The highest BCUT2D eigenvalue weighted by molar-refractivity contribution is 6.17. The Morgan fingerprint density at radius 2 is 2.33 bits per heavy atom. The summed E-state index contributed by atoms with van der Waals surface area (Å²) in [4.78, 5) is 4.08. The number of hydrogen-bond acceptors (Lipinski definition) is 2. The quantitative estimate of drug-likeness (QED) is 0.673. The predicted octanol–water partition coefficient (Wildman–Crippen LogP) is 2.61. The first-order valence-electron chi connectivity index (χ1n) is 4.00. The van der Waals surface area contributed by atoms with Gasteiger partial charge in [-0.1, -0.05) is 13.0 Å². The topological polar surface area (TPSA) is 22.1 Å². The lowest BCUT2D eigenvalue weighted by Gasteiger charge is -2.02. The number of halogens is 1. The van der Waals surface area contributed by atoms with Gasteiger partial charge in [-0.15, -0.1) is 11.6 Å². The lowest BCUT2D eigenvalue weighted by Crippen LogP contribution is -1.96. The van der Waals surface area contributed by atoms with E-state index in [1.165, 1.54) is 0 Å². The van der Waals surface area contributed by atoms with Crippen LogP contribution < -0.4 is 4.74 Å². The van der Waals surface area contributed by atoms with Crippen LogP contribution >= 0.6 is 11.6 Å². The Balaban J connectivity index is 2.53. The van der Waals surface area contributed by atoms with Crippen LogP contribution in [0.4, 0.5) is 0 Å². The maximum absolute atomic E-state index is 5.60. The van der Waals surface area contributed by atoms with Crippen LogP contribution in [0.5, 0.6) is 5.88 Å². The Kier molecular flexibility index (Phi) is 3.88. The number of hydrogen-bond donors (Lipinski definition) is 0. The van der Waals surface area contributed by atoms with Crippen molar-refractivity contribution in [2.24, 2.45) is 0 Å². The Morgan fingerprint density at radius 3 is 2.83 bits per heavy atom. The maximum Gasteiger partial charge on any atom is 0.213 e. The summed E-state index contributed by atoms with van der Waals surface area (Å²) in [5.74, 6) is 1.17. The Morgan fingerprint density at radius 1 is 1.50 bits per heavy atom. The third-order valence-corrected chi connectivity index (χ3v) is 1.71. The highest BCUT2D eigenvalue weighted by atomic mass is 35.5. The van der Waals surface area contributed by atoms with Crippen LogP contribution in [0, 0.1) is 0 Å². The molecule has 0 saturated heterocycles. The van der Waals surface area contributed by atoms with E-state index in [9.17, 15) is 0 Å². The number of alkyl halides is 1. The van der Waals surface area contributed by atoms with Crippen LogP contribution in [-0.2, 0) is 5.88 Å². The van der Waals surface area contributed by atoms with E-state index in [0.717, 1.165) is 12.0 Å². The van der Waals surface area contributed by atoms with E-state index in [0.29, 0.717) is 18.4 Å². The van der Waals surface area contributed by atoms with Crippen molar-refractivity contribution < 1.29 is 4.74 Å². The number of rotatable bonds is 4. The van der Waals surface area contributed by atoms with Crippen LogP contribution in [0.15, 0.2) is 18.3 Å². The monoisotopic (exact) mass is 185 g/mol. The molecule has 2 nitrogen and oxygen atoms in total. The van der Waals surface area contributed by atoms with Crippen molar-refractivity contribution in [1.29, 1.82) is 0 Å². The second-order valence-electron chi connectivity index (χ2n) is 2.49. The lowest BCUT2D eigenvalue weighted by atomic mass is 10.3. The van der Waals surface area contributed by atoms with Crippen LogP contribution in [0.3, 0.4) is 0 Å². The molecule has 0 unspecified atom stereocenters. The van der Waals surface area contributed by atoms with E-state index in [4.69, 9.17) is 16.3 Å². The van der Waals surface area contributed by atoms with Crippen molar-refractivity contribution >= 4 is 11.6 Å². The molecule has 0 saturated carbocycles. The zero-order valence-corrected chi connectivity index (χ0v) is 7.84. The first kappa shape index (κ1) is 9.33. The number of pyridine rings is 1. The summed E-state index contributed by atoms with van der Waals surface area (Å²) < 4.78 is 5.30. The van der Waals surface area contributed by atoms with Crippen molar-refractivity contribution in [1.82, 2.24) is 4.98 Å². The minimum Gasteiger partial charge on any atom is -0.478 e. The summed E-state index contributed by atoms with van der Waals surface area (Å²) in [5.41, 5.74) is 1.01. The van der Waals surface area contributed by atoms with Gasteiger partial charge >= 0.3 is 0 Å². The zero-order valence-electron chi connectivity index (χ0n) is 7.09. The lowest BCUT2D eigenvalue weighted by molar-refractivity contribution is 0.305. The second kappa shape index (κ2) is 4.99. The summed E-state index contributed by atoms with van der Waals surface area (Å²) in [7, 11) is 0. The summed E-state index contributed by atoms with van der Waals surface area (Å²) in [6.07, 6.45) is 2.73. The molecule has 0 atom stereocenters. The first-order valence-corrected chi connectivity index (χ1v) is 4.54. The van der Waals surface area contributed by atoms with Gasteiger partial charge in [-0.3, -0.25) is 0 Å². The largest absolute Gasteiger partial charge is 0.478 e. The molecule has 1 aromatic heterocycles. The molecule has 0 bridgehead atoms. The van der Waals surface area contributed by atoms with Gasteiger partial charge in [0.2, 0.25) is 5.88 Å². The molecule has 0 fully saturated rings. The fourth-order valence-corrected chi connectivity index (χ4v) is 0.940. The van der Waals surface area contributed by atoms with Crippen LogP contribution in [0.25, 0.3) is 0 Å². The molecule has 3 heteroatoms. The number of nitrogens with zero attached hydrogens (tertiary/aromatic N) is 1. The van der Waals surface area contributed by atoms with E-state index in [2.05, 4.69) is 11.9 Å². The predicted molar refractivity (Wildman–Crippen MR) is 49.6 cm³/mol. The van der Waals surface area contributed by atoms with Crippen molar-refractivity contribution in [3.63, 3.8) is 0 Å². The molecular formula is C9H12ClNO. The summed E-state index contributed by atoms with van der Waals surface area (Å²) in [5, 5.41) is 0. The fourth-order valence-electron chi connectivity index (χ4n) is 0.782. The third kappa shape index (κ3) is 2.70. The van der Waals surface area contributed by atoms with E-state index < -0.39 is 0 Å². The zero-order chi connectivity index (χ0) is 8.81. The summed E-state index contributed by atoms with van der Waals surface area (Å²) in [6.45, 7) is 2.78. The van der Waals surface area contributed by atoms with Gasteiger partial charge in [0.1, 0.15) is 0 Å². The third-order valence-electron chi connectivity index (χ3n) is 1.41. The van der Waals surface area contributed by atoms with E-state index in [1.807, 2.05) is 12.1 Å². The van der Waals surface area contributed by atoms with Crippen molar-refractivity contribution in [3.8, 4) is 5.88 Å². The van der Waals surface area contributed by atoms with Crippen molar-refractivity contribution in [2.45, 2.75) is 19.2 Å².